The Hall–Kier alpha value is -1.02. The molecule has 2 nitrogen and oxygen atoms in total. The van der Waals surface area contributed by atoms with E-state index < -0.39 is 0 Å². The summed E-state index contributed by atoms with van der Waals surface area (Å²) in [5.74, 6) is 0. The van der Waals surface area contributed by atoms with Crippen molar-refractivity contribution in [1.82, 2.24) is 0 Å². The number of hydrogen-bond donors (Lipinski definition) is 1. The van der Waals surface area contributed by atoms with Crippen LogP contribution >= 0.6 is 0 Å². The fourth-order valence-corrected chi connectivity index (χ4v) is 2.76. The number of rotatable bonds is 4. The van der Waals surface area contributed by atoms with E-state index in [2.05, 4.69) is 36.1 Å². The molecule has 0 aromatic heterocycles. The van der Waals surface area contributed by atoms with E-state index in [9.17, 15) is 5.11 Å². The van der Waals surface area contributed by atoms with Crippen molar-refractivity contribution in [3.05, 3.63) is 29.8 Å². The van der Waals surface area contributed by atoms with Crippen LogP contribution in [-0.2, 0) is 0 Å². The van der Waals surface area contributed by atoms with Crippen LogP contribution in [0.5, 0.6) is 0 Å². The number of nitrogens with zero attached hydrogens (tertiary/aromatic N) is 1. The summed E-state index contributed by atoms with van der Waals surface area (Å²) < 4.78 is 0. The second-order valence-electron chi connectivity index (χ2n) is 5.04. The van der Waals surface area contributed by atoms with E-state index >= 15 is 0 Å². The van der Waals surface area contributed by atoms with Gasteiger partial charge < -0.3 is 10.0 Å². The molecule has 0 saturated heterocycles. The van der Waals surface area contributed by atoms with Crippen LogP contribution in [0.15, 0.2) is 24.3 Å². The van der Waals surface area contributed by atoms with Crippen LogP contribution in [0.3, 0.4) is 0 Å². The highest BCUT2D eigenvalue weighted by Gasteiger charge is 2.20. The Morgan fingerprint density at radius 3 is 2.35 bits per heavy atom. The van der Waals surface area contributed by atoms with E-state index in [1.165, 1.54) is 43.4 Å². The third-order valence-electron chi connectivity index (χ3n) is 3.72. The maximum absolute atomic E-state index is 9.24. The van der Waals surface area contributed by atoms with Crippen molar-refractivity contribution >= 4 is 5.69 Å². The highest BCUT2D eigenvalue weighted by atomic mass is 16.3. The summed E-state index contributed by atoms with van der Waals surface area (Å²) in [7, 11) is 0. The van der Waals surface area contributed by atoms with E-state index in [-0.39, 0.29) is 6.61 Å². The summed E-state index contributed by atoms with van der Waals surface area (Å²) >= 11 is 0. The number of aliphatic hydroxyl groups excluding tert-OH is 1. The highest BCUT2D eigenvalue weighted by molar-refractivity contribution is 5.48. The van der Waals surface area contributed by atoms with E-state index in [0.29, 0.717) is 6.04 Å². The van der Waals surface area contributed by atoms with Gasteiger partial charge in [0.2, 0.25) is 0 Å². The minimum absolute atomic E-state index is 0.240. The Labute approximate surface area is 104 Å². The normalized spacial score (nSPS) is 17.1. The Kier molecular flexibility index (Phi) is 4.43. The van der Waals surface area contributed by atoms with Gasteiger partial charge >= 0.3 is 0 Å². The third kappa shape index (κ3) is 3.22. The maximum Gasteiger partial charge on any atom is 0.0606 e. The first-order chi connectivity index (χ1) is 8.31. The van der Waals surface area contributed by atoms with Gasteiger partial charge in [-0.1, -0.05) is 37.0 Å². The van der Waals surface area contributed by atoms with Crippen molar-refractivity contribution in [1.29, 1.82) is 0 Å². The smallest absolute Gasteiger partial charge is 0.0606 e. The van der Waals surface area contributed by atoms with Crippen molar-refractivity contribution in [2.75, 3.05) is 18.1 Å². The quantitative estimate of drug-likeness (QED) is 0.863. The van der Waals surface area contributed by atoms with Gasteiger partial charge in [0, 0.05) is 18.3 Å². The number of aryl methyl sites for hydroxylation is 1. The summed E-state index contributed by atoms with van der Waals surface area (Å²) in [5.41, 5.74) is 2.55. The van der Waals surface area contributed by atoms with Gasteiger partial charge in [0.15, 0.2) is 0 Å². The van der Waals surface area contributed by atoms with Gasteiger partial charge in [0.05, 0.1) is 6.61 Å². The lowest BCUT2D eigenvalue weighted by molar-refractivity contribution is 0.290. The molecular weight excluding hydrogens is 210 g/mol. The number of hydrogen-bond acceptors (Lipinski definition) is 2. The summed E-state index contributed by atoms with van der Waals surface area (Å²) in [4.78, 5) is 2.39. The Morgan fingerprint density at radius 1 is 1.12 bits per heavy atom. The highest BCUT2D eigenvalue weighted by Crippen LogP contribution is 2.27. The predicted octanol–water partition coefficient (Wildman–Crippen LogP) is 3.13. The molecule has 2 heteroatoms. The van der Waals surface area contributed by atoms with E-state index in [0.717, 1.165) is 6.54 Å². The lowest BCUT2D eigenvalue weighted by Gasteiger charge is -2.35. The van der Waals surface area contributed by atoms with Gasteiger partial charge in [0.25, 0.3) is 0 Å². The van der Waals surface area contributed by atoms with Crippen LogP contribution in [0.4, 0.5) is 5.69 Å². The zero-order valence-corrected chi connectivity index (χ0v) is 10.7. The first-order valence-corrected chi connectivity index (χ1v) is 6.75. The number of aliphatic hydroxyl groups is 1. The molecule has 0 heterocycles. The molecule has 17 heavy (non-hydrogen) atoms. The van der Waals surface area contributed by atoms with Crippen molar-refractivity contribution in [2.24, 2.45) is 0 Å². The molecule has 0 aliphatic heterocycles. The Morgan fingerprint density at radius 2 is 1.76 bits per heavy atom. The van der Waals surface area contributed by atoms with Crippen molar-refractivity contribution in [3.8, 4) is 0 Å². The van der Waals surface area contributed by atoms with E-state index in [4.69, 9.17) is 0 Å². The molecule has 1 N–H and O–H groups in total. The van der Waals surface area contributed by atoms with Crippen molar-refractivity contribution in [3.63, 3.8) is 0 Å². The molecular formula is C15H23NO. The van der Waals surface area contributed by atoms with Gasteiger partial charge in [-0.05, 0) is 31.9 Å². The zero-order chi connectivity index (χ0) is 12.1. The fourth-order valence-electron chi connectivity index (χ4n) is 2.76. The molecule has 0 spiro atoms. The molecule has 0 radical (unpaired) electrons. The van der Waals surface area contributed by atoms with Crippen LogP contribution < -0.4 is 4.90 Å². The lowest BCUT2D eigenvalue weighted by Crippen LogP contribution is -2.38. The molecule has 0 unspecified atom stereocenters. The third-order valence-corrected chi connectivity index (χ3v) is 3.72. The molecule has 0 amide bonds. The van der Waals surface area contributed by atoms with Gasteiger partial charge in [-0.3, -0.25) is 0 Å². The summed E-state index contributed by atoms with van der Waals surface area (Å²) in [5, 5.41) is 9.24. The lowest BCUT2D eigenvalue weighted by atomic mass is 9.93. The Bertz CT molecular complexity index is 327. The summed E-state index contributed by atoms with van der Waals surface area (Å²) in [6.07, 6.45) is 6.58. The molecule has 0 atom stereocenters. The number of anilines is 1. The number of benzene rings is 1. The second-order valence-corrected chi connectivity index (χ2v) is 5.04. The van der Waals surface area contributed by atoms with Crippen LogP contribution in [0.25, 0.3) is 0 Å². The van der Waals surface area contributed by atoms with E-state index in [1.807, 2.05) is 0 Å². The minimum atomic E-state index is 0.240. The SMILES string of the molecule is Cc1ccc(N(CCO)C2CCCCC2)cc1. The zero-order valence-electron chi connectivity index (χ0n) is 10.7. The maximum atomic E-state index is 9.24. The Balaban J connectivity index is 2.12. The largest absolute Gasteiger partial charge is 0.395 e. The van der Waals surface area contributed by atoms with Gasteiger partial charge in [-0.25, -0.2) is 0 Å². The average Bonchev–Trinajstić information content (AvgIpc) is 2.38. The molecule has 1 fully saturated rings. The van der Waals surface area contributed by atoms with Crippen LogP contribution in [0, 0.1) is 6.92 Å². The standard InChI is InChI=1S/C15H23NO/c1-13-7-9-15(10-8-13)16(11-12-17)14-5-3-2-4-6-14/h7-10,14,17H,2-6,11-12H2,1H3. The average molecular weight is 233 g/mol. The molecule has 1 aliphatic carbocycles. The summed E-state index contributed by atoms with van der Waals surface area (Å²) in [6.45, 7) is 3.11. The first-order valence-electron chi connectivity index (χ1n) is 6.75. The van der Waals surface area contributed by atoms with E-state index in [1.54, 1.807) is 0 Å². The predicted molar refractivity (Wildman–Crippen MR) is 72.5 cm³/mol. The molecule has 0 bridgehead atoms. The molecule has 1 aliphatic rings. The van der Waals surface area contributed by atoms with Crippen molar-refractivity contribution in [2.45, 2.75) is 45.1 Å². The van der Waals surface area contributed by atoms with Gasteiger partial charge in [-0.15, -0.1) is 0 Å². The van der Waals surface area contributed by atoms with Gasteiger partial charge in [-0.2, -0.15) is 0 Å². The fraction of sp³-hybridized carbons (Fsp3) is 0.600. The van der Waals surface area contributed by atoms with Crippen LogP contribution in [0.1, 0.15) is 37.7 Å². The summed E-state index contributed by atoms with van der Waals surface area (Å²) in [6, 6.07) is 9.29. The van der Waals surface area contributed by atoms with Crippen LogP contribution in [0.2, 0.25) is 0 Å². The first kappa shape index (κ1) is 12.4. The molecule has 1 aromatic rings. The molecule has 94 valence electrons. The molecule has 1 aromatic carbocycles. The second kappa shape index (κ2) is 6.06. The monoisotopic (exact) mass is 233 g/mol. The minimum Gasteiger partial charge on any atom is -0.395 e. The van der Waals surface area contributed by atoms with Crippen molar-refractivity contribution < 1.29 is 5.11 Å². The van der Waals surface area contributed by atoms with Gasteiger partial charge in [0.1, 0.15) is 0 Å². The topological polar surface area (TPSA) is 23.5 Å². The molecule has 1 saturated carbocycles. The molecule has 2 rings (SSSR count). The van der Waals surface area contributed by atoms with Crippen LogP contribution in [-0.4, -0.2) is 24.3 Å².